The zero-order valence-corrected chi connectivity index (χ0v) is 20.5. The Morgan fingerprint density at radius 3 is 2.57 bits per heavy atom. The zero-order valence-electron chi connectivity index (χ0n) is 20.5. The largest absolute Gasteiger partial charge is 0.497 e. The predicted octanol–water partition coefficient (Wildman–Crippen LogP) is 2.78. The highest BCUT2D eigenvalue weighted by atomic mass is 16.5. The van der Waals surface area contributed by atoms with Gasteiger partial charge in [-0.05, 0) is 47.0 Å². The molecule has 0 amide bonds. The van der Waals surface area contributed by atoms with Gasteiger partial charge in [-0.2, -0.15) is 0 Å². The lowest BCUT2D eigenvalue weighted by Crippen LogP contribution is -2.48. The summed E-state index contributed by atoms with van der Waals surface area (Å²) in [5.41, 5.74) is 2.35. The van der Waals surface area contributed by atoms with Crippen molar-refractivity contribution in [2.45, 2.75) is 38.1 Å². The molecule has 3 heterocycles. The molecule has 0 aliphatic carbocycles. The first kappa shape index (κ1) is 23.7. The summed E-state index contributed by atoms with van der Waals surface area (Å²) >= 11 is 0. The lowest BCUT2D eigenvalue weighted by Gasteiger charge is -2.39. The van der Waals surface area contributed by atoms with Crippen molar-refractivity contribution in [1.29, 1.82) is 0 Å². The molecule has 2 aromatic carbocycles. The minimum atomic E-state index is -0.157. The zero-order chi connectivity index (χ0) is 24.0. The first-order chi connectivity index (χ1) is 17.2. The van der Waals surface area contributed by atoms with Gasteiger partial charge in [0.2, 0.25) is 0 Å². The maximum atomic E-state index is 5.88. The first-order valence-electron chi connectivity index (χ1n) is 12.3. The van der Waals surface area contributed by atoms with E-state index in [-0.39, 0.29) is 12.1 Å². The Balaban J connectivity index is 1.42. The van der Waals surface area contributed by atoms with Crippen molar-refractivity contribution in [2.24, 2.45) is 0 Å². The second-order valence-electron chi connectivity index (χ2n) is 9.16. The number of benzene rings is 2. The molecule has 0 bridgehead atoms. The number of hydrogen-bond acceptors (Lipinski definition) is 8. The van der Waals surface area contributed by atoms with E-state index in [0.29, 0.717) is 6.54 Å². The van der Waals surface area contributed by atoms with Crippen molar-refractivity contribution >= 4 is 0 Å². The molecule has 2 fully saturated rings. The number of nitrogens with zero attached hydrogens (tertiary/aromatic N) is 6. The smallest absolute Gasteiger partial charge is 0.173 e. The summed E-state index contributed by atoms with van der Waals surface area (Å²) in [6.07, 6.45) is 2.26. The molecular formula is C26H34N6O3. The van der Waals surface area contributed by atoms with Crippen LogP contribution < -0.4 is 9.47 Å². The summed E-state index contributed by atoms with van der Waals surface area (Å²) < 4.78 is 19.2. The van der Waals surface area contributed by atoms with E-state index in [4.69, 9.17) is 14.2 Å². The van der Waals surface area contributed by atoms with Crippen LogP contribution in [0.5, 0.6) is 11.5 Å². The number of methoxy groups -OCH3 is 2. The number of tetrazole rings is 1. The predicted molar refractivity (Wildman–Crippen MR) is 131 cm³/mol. The number of aromatic nitrogens is 4. The molecule has 0 saturated carbocycles. The Hall–Kier alpha value is -3.01. The fraction of sp³-hybridized carbons (Fsp3) is 0.500. The van der Waals surface area contributed by atoms with Gasteiger partial charge in [0, 0.05) is 44.9 Å². The van der Waals surface area contributed by atoms with Crippen LogP contribution >= 0.6 is 0 Å². The highest BCUT2D eigenvalue weighted by molar-refractivity contribution is 5.44. The highest BCUT2D eigenvalue weighted by Crippen LogP contribution is 2.37. The summed E-state index contributed by atoms with van der Waals surface area (Å²) in [7, 11) is 3.39. The van der Waals surface area contributed by atoms with E-state index in [0.717, 1.165) is 75.1 Å². The van der Waals surface area contributed by atoms with Gasteiger partial charge >= 0.3 is 0 Å². The van der Waals surface area contributed by atoms with Crippen LogP contribution in [0.4, 0.5) is 0 Å². The fourth-order valence-corrected chi connectivity index (χ4v) is 5.09. The normalized spacial score (nSPS) is 20.1. The van der Waals surface area contributed by atoms with E-state index in [9.17, 15) is 0 Å². The Kier molecular flexibility index (Phi) is 7.56. The van der Waals surface area contributed by atoms with Crippen LogP contribution in [0.25, 0.3) is 0 Å². The van der Waals surface area contributed by atoms with Crippen LogP contribution in [0.15, 0.2) is 48.5 Å². The highest BCUT2D eigenvalue weighted by Gasteiger charge is 2.33. The summed E-state index contributed by atoms with van der Waals surface area (Å²) in [6, 6.07) is 16.4. The van der Waals surface area contributed by atoms with Gasteiger partial charge in [-0.25, -0.2) is 4.68 Å². The molecular weight excluding hydrogens is 444 g/mol. The molecule has 0 unspecified atom stereocenters. The maximum absolute atomic E-state index is 5.88. The topological polar surface area (TPSA) is 77.8 Å². The van der Waals surface area contributed by atoms with Crippen LogP contribution in [-0.2, 0) is 17.8 Å². The molecule has 0 spiro atoms. The van der Waals surface area contributed by atoms with Crippen LogP contribution in [0.2, 0.25) is 0 Å². The van der Waals surface area contributed by atoms with Gasteiger partial charge in [-0.15, -0.1) is 5.10 Å². The lowest BCUT2D eigenvalue weighted by molar-refractivity contribution is 0.0837. The fourth-order valence-electron chi connectivity index (χ4n) is 5.09. The van der Waals surface area contributed by atoms with Crippen LogP contribution in [0, 0.1) is 0 Å². The van der Waals surface area contributed by atoms with Gasteiger partial charge in [-0.1, -0.05) is 30.3 Å². The average molecular weight is 479 g/mol. The quantitative estimate of drug-likeness (QED) is 0.465. The Bertz CT molecular complexity index is 1080. The standard InChI is InChI=1S/C26H34N6O3/c1-33-21-10-11-24(34-2)23(17-21)25(26-27-28-29-32(26)19-22-9-6-16-35-22)31-14-12-30(13-15-31)18-20-7-4-3-5-8-20/h3-5,7-8,10-11,17,22,25H,6,9,12-16,18-19H2,1-2H3/t22-,25+/m0/s1. The third kappa shape index (κ3) is 5.47. The van der Waals surface area contributed by atoms with Crippen molar-refractivity contribution in [1.82, 2.24) is 30.0 Å². The SMILES string of the molecule is COc1ccc(OC)c([C@H](c2nnnn2C[C@@H]2CCCO2)N2CCN(Cc3ccccc3)CC2)c1. The van der Waals surface area contributed by atoms with Gasteiger partial charge in [0.25, 0.3) is 0 Å². The molecule has 186 valence electrons. The molecule has 9 heteroatoms. The van der Waals surface area contributed by atoms with Crippen LogP contribution in [0.1, 0.15) is 35.8 Å². The molecule has 0 radical (unpaired) electrons. The molecule has 3 aromatic rings. The van der Waals surface area contributed by atoms with Gasteiger partial charge in [-0.3, -0.25) is 9.80 Å². The Morgan fingerprint density at radius 2 is 1.86 bits per heavy atom. The summed E-state index contributed by atoms with van der Waals surface area (Å²) in [6.45, 7) is 6.13. The van der Waals surface area contributed by atoms with Crippen LogP contribution in [-0.4, -0.2) is 83.1 Å². The Morgan fingerprint density at radius 1 is 1.03 bits per heavy atom. The van der Waals surface area contributed by atoms with Crippen molar-refractivity contribution < 1.29 is 14.2 Å². The van der Waals surface area contributed by atoms with Gasteiger partial charge in [0.1, 0.15) is 17.5 Å². The Labute approximate surface area is 206 Å². The molecule has 9 nitrogen and oxygen atoms in total. The molecule has 5 rings (SSSR count). The van der Waals surface area contributed by atoms with E-state index in [1.54, 1.807) is 14.2 Å². The summed E-state index contributed by atoms with van der Waals surface area (Å²) in [5, 5.41) is 13.0. The third-order valence-corrected chi connectivity index (χ3v) is 6.96. The molecule has 1 aromatic heterocycles. The molecule has 2 aliphatic heterocycles. The maximum Gasteiger partial charge on any atom is 0.173 e. The van der Waals surface area contributed by atoms with Gasteiger partial charge in [0.05, 0.1) is 26.9 Å². The third-order valence-electron chi connectivity index (χ3n) is 6.96. The van der Waals surface area contributed by atoms with Crippen LogP contribution in [0.3, 0.4) is 0 Å². The average Bonchev–Trinajstić information content (AvgIpc) is 3.59. The molecule has 2 saturated heterocycles. The number of rotatable bonds is 9. The van der Waals surface area contributed by atoms with Gasteiger partial charge < -0.3 is 14.2 Å². The molecule has 2 aliphatic rings. The van der Waals surface area contributed by atoms with E-state index in [1.807, 2.05) is 22.9 Å². The van der Waals surface area contributed by atoms with Gasteiger partial charge in [0.15, 0.2) is 5.82 Å². The first-order valence-corrected chi connectivity index (χ1v) is 12.3. The minimum absolute atomic E-state index is 0.146. The second kappa shape index (κ2) is 11.2. The van der Waals surface area contributed by atoms with Crippen molar-refractivity contribution in [3.63, 3.8) is 0 Å². The number of hydrogen-bond donors (Lipinski definition) is 0. The molecule has 35 heavy (non-hydrogen) atoms. The second-order valence-corrected chi connectivity index (χ2v) is 9.16. The molecule has 0 N–H and O–H groups in total. The van der Waals surface area contributed by atoms with E-state index < -0.39 is 0 Å². The van der Waals surface area contributed by atoms with E-state index in [2.05, 4.69) is 55.7 Å². The van der Waals surface area contributed by atoms with Crippen molar-refractivity contribution in [3.8, 4) is 11.5 Å². The van der Waals surface area contributed by atoms with E-state index in [1.165, 1.54) is 5.56 Å². The van der Waals surface area contributed by atoms with E-state index >= 15 is 0 Å². The number of piperazine rings is 1. The summed E-state index contributed by atoms with van der Waals surface area (Å²) in [5.74, 6) is 2.39. The molecule has 2 atom stereocenters. The lowest BCUT2D eigenvalue weighted by atomic mass is 10.0. The minimum Gasteiger partial charge on any atom is -0.497 e. The number of ether oxygens (including phenoxy) is 3. The monoisotopic (exact) mass is 478 g/mol. The van der Waals surface area contributed by atoms with Crippen molar-refractivity contribution in [3.05, 3.63) is 65.5 Å². The summed E-state index contributed by atoms with van der Waals surface area (Å²) in [4.78, 5) is 4.96. The van der Waals surface area contributed by atoms with Crippen molar-refractivity contribution in [2.75, 3.05) is 47.0 Å².